The van der Waals surface area contributed by atoms with Gasteiger partial charge in [0.1, 0.15) is 7.11 Å². The van der Waals surface area contributed by atoms with E-state index in [0.717, 1.165) is 0 Å². The van der Waals surface area contributed by atoms with Gasteiger partial charge in [-0.15, -0.1) is 0 Å². The molecule has 0 aliphatic rings. The minimum atomic E-state index is 0.398. The lowest BCUT2D eigenvalue weighted by Crippen LogP contribution is -2.44. The van der Waals surface area contributed by atoms with E-state index < -0.39 is 0 Å². The lowest BCUT2D eigenvalue weighted by molar-refractivity contribution is -0.890. The van der Waals surface area contributed by atoms with Gasteiger partial charge in [-0.25, -0.2) is 4.98 Å². The Bertz CT molecular complexity index is 273. The first-order valence-electron chi connectivity index (χ1n) is 3.16. The Morgan fingerprint density at radius 2 is 2.45 bits per heavy atom. The van der Waals surface area contributed by atoms with Crippen molar-refractivity contribution in [3.8, 4) is 0 Å². The lowest BCUT2D eigenvalue weighted by atomic mass is 10.3. The van der Waals surface area contributed by atoms with Gasteiger partial charge in [-0.2, -0.15) is 0 Å². The van der Waals surface area contributed by atoms with Crippen LogP contribution in [0.25, 0.3) is 0 Å². The number of rotatable bonds is 2. The van der Waals surface area contributed by atoms with Crippen molar-refractivity contribution in [3.63, 3.8) is 0 Å². The minimum Gasteiger partial charge on any atom is -0.296 e. The van der Waals surface area contributed by atoms with Gasteiger partial charge < -0.3 is 0 Å². The quantitative estimate of drug-likeness (QED) is 0.427. The molecule has 4 nitrogen and oxygen atoms in total. The van der Waals surface area contributed by atoms with Crippen LogP contribution in [0.1, 0.15) is 16.2 Å². The maximum absolute atomic E-state index is 10.4. The fraction of sp³-hybridized carbons (Fsp3) is 0.286. The molecule has 0 amide bonds. The van der Waals surface area contributed by atoms with Crippen LogP contribution in [0.15, 0.2) is 12.4 Å². The second kappa shape index (κ2) is 3.09. The van der Waals surface area contributed by atoms with E-state index in [-0.39, 0.29) is 0 Å². The molecule has 1 rings (SSSR count). The van der Waals surface area contributed by atoms with Gasteiger partial charge in [0.2, 0.25) is 6.20 Å². The first kappa shape index (κ1) is 7.65. The van der Waals surface area contributed by atoms with Crippen molar-refractivity contribution in [2.75, 3.05) is 7.11 Å². The van der Waals surface area contributed by atoms with Crippen LogP contribution in [0.3, 0.4) is 0 Å². The summed E-state index contributed by atoms with van der Waals surface area (Å²) >= 11 is 0. The van der Waals surface area contributed by atoms with Crippen molar-refractivity contribution in [1.29, 1.82) is 0 Å². The third kappa shape index (κ3) is 1.34. The standard InChI is InChI=1S/C7H9N2O2/c1-6-7(5-10)8-3-4-9(6)11-2/h3-5H,1-2H3/q+1. The molecule has 1 aromatic heterocycles. The fourth-order valence-electron chi connectivity index (χ4n) is 0.806. The maximum atomic E-state index is 10.4. The predicted octanol–water partition coefficient (Wildman–Crippen LogP) is -0.452. The summed E-state index contributed by atoms with van der Waals surface area (Å²) in [5.41, 5.74) is 1.10. The van der Waals surface area contributed by atoms with Crippen molar-refractivity contribution in [3.05, 3.63) is 23.8 Å². The third-order valence-electron chi connectivity index (χ3n) is 1.43. The number of hydrogen-bond acceptors (Lipinski definition) is 3. The Morgan fingerprint density at radius 3 is 3.00 bits per heavy atom. The highest BCUT2D eigenvalue weighted by Crippen LogP contribution is 1.91. The summed E-state index contributed by atoms with van der Waals surface area (Å²) in [7, 11) is 1.53. The highest BCUT2D eigenvalue weighted by atomic mass is 16.6. The Hall–Kier alpha value is -1.45. The van der Waals surface area contributed by atoms with E-state index in [1.807, 2.05) is 0 Å². The fourth-order valence-corrected chi connectivity index (χ4v) is 0.806. The Kier molecular flexibility index (Phi) is 2.15. The molecular formula is C7H9N2O2+. The molecule has 0 aliphatic heterocycles. The van der Waals surface area contributed by atoms with E-state index in [0.29, 0.717) is 17.7 Å². The molecule has 0 fully saturated rings. The van der Waals surface area contributed by atoms with Crippen LogP contribution >= 0.6 is 0 Å². The molecule has 11 heavy (non-hydrogen) atoms. The van der Waals surface area contributed by atoms with Gasteiger partial charge >= 0.3 is 0 Å². The van der Waals surface area contributed by atoms with Crippen LogP contribution in [0.4, 0.5) is 0 Å². The molecule has 0 atom stereocenters. The van der Waals surface area contributed by atoms with Crippen LogP contribution < -0.4 is 9.57 Å². The van der Waals surface area contributed by atoms with Gasteiger partial charge in [-0.3, -0.25) is 9.63 Å². The van der Waals surface area contributed by atoms with E-state index in [9.17, 15) is 4.79 Å². The zero-order valence-corrected chi connectivity index (χ0v) is 6.44. The summed E-state index contributed by atoms with van der Waals surface area (Å²) in [5.74, 6) is 0. The number of carbonyl (C=O) groups excluding carboxylic acids is 1. The van der Waals surface area contributed by atoms with Gasteiger partial charge in [-0.1, -0.05) is 0 Å². The van der Waals surface area contributed by atoms with E-state index >= 15 is 0 Å². The molecule has 0 saturated carbocycles. The maximum Gasteiger partial charge on any atom is 0.260 e. The summed E-state index contributed by atoms with van der Waals surface area (Å²) in [4.78, 5) is 19.1. The zero-order valence-electron chi connectivity index (χ0n) is 6.44. The highest BCUT2D eigenvalue weighted by molar-refractivity contribution is 5.72. The Morgan fingerprint density at radius 1 is 1.73 bits per heavy atom. The van der Waals surface area contributed by atoms with Gasteiger partial charge in [0.15, 0.2) is 12.0 Å². The van der Waals surface area contributed by atoms with Crippen molar-refractivity contribution in [2.45, 2.75) is 6.92 Å². The topological polar surface area (TPSA) is 43.1 Å². The van der Waals surface area contributed by atoms with Crippen molar-refractivity contribution >= 4 is 6.29 Å². The molecule has 1 heterocycles. The number of aldehydes is 1. The van der Waals surface area contributed by atoms with E-state index in [1.54, 1.807) is 13.1 Å². The van der Waals surface area contributed by atoms with Crippen molar-refractivity contribution in [1.82, 2.24) is 4.98 Å². The summed E-state index contributed by atoms with van der Waals surface area (Å²) < 4.78 is 1.48. The van der Waals surface area contributed by atoms with Gasteiger partial charge in [-0.05, 0) is 0 Å². The number of hydrogen-bond donors (Lipinski definition) is 0. The van der Waals surface area contributed by atoms with E-state index in [4.69, 9.17) is 4.84 Å². The third-order valence-corrected chi connectivity index (χ3v) is 1.43. The number of nitrogens with zero attached hydrogens (tertiary/aromatic N) is 2. The molecular weight excluding hydrogens is 144 g/mol. The van der Waals surface area contributed by atoms with Crippen LogP contribution in [-0.4, -0.2) is 18.4 Å². The van der Waals surface area contributed by atoms with Crippen molar-refractivity contribution < 1.29 is 14.4 Å². The normalized spacial score (nSPS) is 9.27. The second-order valence-corrected chi connectivity index (χ2v) is 2.02. The van der Waals surface area contributed by atoms with Crippen LogP contribution in [-0.2, 0) is 0 Å². The zero-order chi connectivity index (χ0) is 8.27. The molecule has 0 bridgehead atoms. The summed E-state index contributed by atoms with van der Waals surface area (Å²) in [6.45, 7) is 1.76. The first-order valence-corrected chi connectivity index (χ1v) is 3.16. The number of aromatic nitrogens is 2. The molecule has 0 radical (unpaired) electrons. The molecule has 0 N–H and O–H groups in total. The summed E-state index contributed by atoms with van der Waals surface area (Å²) in [5, 5.41) is 0. The minimum absolute atomic E-state index is 0.398. The monoisotopic (exact) mass is 153 g/mol. The molecule has 0 saturated heterocycles. The van der Waals surface area contributed by atoms with Crippen LogP contribution in [0.5, 0.6) is 0 Å². The van der Waals surface area contributed by atoms with Gasteiger partial charge in [0, 0.05) is 11.7 Å². The van der Waals surface area contributed by atoms with Crippen molar-refractivity contribution in [2.24, 2.45) is 0 Å². The molecule has 4 heteroatoms. The molecule has 0 aromatic carbocycles. The highest BCUT2D eigenvalue weighted by Gasteiger charge is 2.11. The average Bonchev–Trinajstić information content (AvgIpc) is 2.05. The molecule has 0 unspecified atom stereocenters. The average molecular weight is 153 g/mol. The Labute approximate surface area is 64.4 Å². The largest absolute Gasteiger partial charge is 0.296 e. The molecule has 0 aliphatic carbocycles. The van der Waals surface area contributed by atoms with Crippen LogP contribution in [0, 0.1) is 6.92 Å². The summed E-state index contributed by atoms with van der Waals surface area (Å²) in [6.07, 6.45) is 3.85. The predicted molar refractivity (Wildman–Crippen MR) is 37.1 cm³/mol. The lowest BCUT2D eigenvalue weighted by Gasteiger charge is -1.94. The SMILES string of the molecule is CO[n+]1ccnc(C=O)c1C. The smallest absolute Gasteiger partial charge is 0.260 e. The first-order chi connectivity index (χ1) is 5.29. The number of carbonyl (C=O) groups is 1. The van der Waals surface area contributed by atoms with Crippen LogP contribution in [0.2, 0.25) is 0 Å². The Balaban J connectivity index is 3.20. The van der Waals surface area contributed by atoms with E-state index in [2.05, 4.69) is 4.98 Å². The molecule has 1 aromatic rings. The van der Waals surface area contributed by atoms with Gasteiger partial charge in [0.05, 0.1) is 6.20 Å². The van der Waals surface area contributed by atoms with Gasteiger partial charge in [0.25, 0.3) is 5.69 Å². The summed E-state index contributed by atoms with van der Waals surface area (Å²) in [6, 6.07) is 0. The van der Waals surface area contributed by atoms with E-state index in [1.165, 1.54) is 18.0 Å². The second-order valence-electron chi connectivity index (χ2n) is 2.02. The molecule has 58 valence electrons. The molecule has 0 spiro atoms.